The van der Waals surface area contributed by atoms with Crippen molar-refractivity contribution in [2.24, 2.45) is 5.41 Å². The molecule has 0 aromatic carbocycles. The van der Waals surface area contributed by atoms with Gasteiger partial charge in [-0.25, -0.2) is 0 Å². The first-order valence-corrected chi connectivity index (χ1v) is 6.88. The summed E-state index contributed by atoms with van der Waals surface area (Å²) in [6.07, 6.45) is 8.08. The van der Waals surface area contributed by atoms with E-state index in [1.54, 1.807) is 13.0 Å². The lowest BCUT2D eigenvalue weighted by Gasteiger charge is -2.31. The minimum absolute atomic E-state index is 0.0911. The molecule has 0 bridgehead atoms. The van der Waals surface area contributed by atoms with E-state index in [4.69, 9.17) is 0 Å². The predicted molar refractivity (Wildman–Crippen MR) is 79.7 cm³/mol. The van der Waals surface area contributed by atoms with Gasteiger partial charge in [0, 0.05) is 24.0 Å². The number of rotatable bonds is 8. The van der Waals surface area contributed by atoms with Gasteiger partial charge < -0.3 is 4.90 Å². The van der Waals surface area contributed by atoms with Gasteiger partial charge in [0.1, 0.15) is 12.6 Å². The van der Waals surface area contributed by atoms with Crippen LogP contribution in [0.2, 0.25) is 0 Å². The monoisotopic (exact) mass is 265 g/mol. The smallest absolute Gasteiger partial charge is 0.147 e. The fourth-order valence-corrected chi connectivity index (χ4v) is 1.78. The van der Waals surface area contributed by atoms with E-state index in [1.165, 1.54) is 0 Å². The van der Waals surface area contributed by atoms with Crippen LogP contribution in [-0.2, 0) is 9.59 Å². The number of hydrogen-bond donors (Lipinski definition) is 0. The van der Waals surface area contributed by atoms with Crippen LogP contribution >= 0.6 is 0 Å². The molecule has 0 spiro atoms. The zero-order valence-electron chi connectivity index (χ0n) is 12.9. The number of hydrogen-bond acceptors (Lipinski definition) is 3. The average Bonchev–Trinajstić information content (AvgIpc) is 2.31. The lowest BCUT2D eigenvalue weighted by atomic mass is 9.95. The summed E-state index contributed by atoms with van der Waals surface area (Å²) in [6, 6.07) is 0. The lowest BCUT2D eigenvalue weighted by molar-refractivity contribution is -0.105. The maximum atomic E-state index is 10.8. The summed E-state index contributed by atoms with van der Waals surface area (Å²) in [5, 5.41) is 0. The fourth-order valence-electron chi connectivity index (χ4n) is 1.78. The predicted octanol–water partition coefficient (Wildman–Crippen LogP) is 3.71. The molecule has 0 amide bonds. The van der Waals surface area contributed by atoms with Gasteiger partial charge in [-0.05, 0) is 31.3 Å². The zero-order chi connectivity index (χ0) is 14.9. The molecule has 0 aliphatic heterocycles. The molecular weight excluding hydrogens is 238 g/mol. The summed E-state index contributed by atoms with van der Waals surface area (Å²) in [6.45, 7) is 11.1. The molecule has 0 aromatic heterocycles. The number of carbonyl (C=O) groups excluding carboxylic acids is 2. The summed E-state index contributed by atoms with van der Waals surface area (Å²) >= 11 is 0. The van der Waals surface area contributed by atoms with Crippen molar-refractivity contribution in [2.45, 2.75) is 53.9 Å². The Morgan fingerprint density at radius 1 is 1.21 bits per heavy atom. The molecule has 3 nitrogen and oxygen atoms in total. The van der Waals surface area contributed by atoms with Crippen LogP contribution in [0.4, 0.5) is 0 Å². The van der Waals surface area contributed by atoms with Crippen LogP contribution in [0.3, 0.4) is 0 Å². The highest BCUT2D eigenvalue weighted by molar-refractivity contribution is 5.72. The van der Waals surface area contributed by atoms with Crippen LogP contribution in [0.5, 0.6) is 0 Å². The molecule has 0 N–H and O–H groups in total. The number of unbranched alkanes of at least 4 members (excludes halogenated alkanes) is 1. The Morgan fingerprint density at radius 2 is 1.84 bits per heavy atom. The Balaban J connectivity index is 5.21. The minimum atomic E-state index is 0.0911. The molecule has 0 aliphatic carbocycles. The number of allylic oxidation sites excluding steroid dienone is 3. The van der Waals surface area contributed by atoms with E-state index in [2.05, 4.69) is 27.7 Å². The molecule has 108 valence electrons. The first kappa shape index (κ1) is 17.6. The van der Waals surface area contributed by atoms with E-state index in [0.29, 0.717) is 5.57 Å². The largest absolute Gasteiger partial charge is 0.350 e. The maximum absolute atomic E-state index is 10.8. The second-order valence-electron chi connectivity index (χ2n) is 6.08. The van der Waals surface area contributed by atoms with Gasteiger partial charge in [0.05, 0.1) is 0 Å². The Bertz CT molecular complexity index is 348. The van der Waals surface area contributed by atoms with Crippen molar-refractivity contribution >= 4 is 12.6 Å². The van der Waals surface area contributed by atoms with Crippen LogP contribution in [0.25, 0.3) is 0 Å². The Labute approximate surface area is 117 Å². The average molecular weight is 265 g/mol. The third-order valence-corrected chi connectivity index (χ3v) is 2.61. The Hall–Kier alpha value is -1.38. The van der Waals surface area contributed by atoms with Crippen molar-refractivity contribution in [1.29, 1.82) is 0 Å². The molecule has 0 fully saturated rings. The topological polar surface area (TPSA) is 37.4 Å². The van der Waals surface area contributed by atoms with E-state index in [1.807, 2.05) is 11.1 Å². The highest BCUT2D eigenvalue weighted by Crippen LogP contribution is 2.22. The Morgan fingerprint density at radius 3 is 2.26 bits per heavy atom. The van der Waals surface area contributed by atoms with Crippen LogP contribution < -0.4 is 0 Å². The fraction of sp³-hybridized carbons (Fsp3) is 0.625. The molecule has 0 aromatic rings. The normalized spacial score (nSPS) is 13.3. The maximum Gasteiger partial charge on any atom is 0.147 e. The van der Waals surface area contributed by atoms with Gasteiger partial charge in [0.25, 0.3) is 0 Å². The van der Waals surface area contributed by atoms with Crippen LogP contribution in [0.1, 0.15) is 53.9 Å². The van der Waals surface area contributed by atoms with Gasteiger partial charge in [-0.1, -0.05) is 34.1 Å². The van der Waals surface area contributed by atoms with Crippen molar-refractivity contribution < 1.29 is 9.59 Å². The number of nitrogens with zero attached hydrogens (tertiary/aromatic N) is 1. The molecule has 0 atom stereocenters. The highest BCUT2D eigenvalue weighted by atomic mass is 16.1. The van der Waals surface area contributed by atoms with Gasteiger partial charge >= 0.3 is 0 Å². The first-order chi connectivity index (χ1) is 8.84. The molecule has 0 unspecified atom stereocenters. The molecule has 0 saturated heterocycles. The second-order valence-corrected chi connectivity index (χ2v) is 6.08. The third-order valence-electron chi connectivity index (χ3n) is 2.61. The van der Waals surface area contributed by atoms with Crippen LogP contribution in [0.15, 0.2) is 23.5 Å². The van der Waals surface area contributed by atoms with Crippen molar-refractivity contribution in [3.05, 3.63) is 23.5 Å². The van der Waals surface area contributed by atoms with Crippen molar-refractivity contribution in [2.75, 3.05) is 6.54 Å². The standard InChI is InChI=1S/C16H27NO2/c1-6-7-8-15(9-10-18)17(11-14(2)12-19)13-16(3,4)5/h9-12H,6-8,13H2,1-5H3/b14-11+,15-9-. The van der Waals surface area contributed by atoms with Crippen LogP contribution in [-0.4, -0.2) is 24.0 Å². The molecule has 19 heavy (non-hydrogen) atoms. The number of aldehydes is 2. The van der Waals surface area contributed by atoms with Gasteiger partial charge in [-0.3, -0.25) is 9.59 Å². The minimum Gasteiger partial charge on any atom is -0.350 e. The van der Waals surface area contributed by atoms with Gasteiger partial charge in [0.15, 0.2) is 0 Å². The van der Waals surface area contributed by atoms with E-state index in [9.17, 15) is 9.59 Å². The SMILES string of the molecule is CCCC/C(=C/C=O)N(/C=C(\C)C=O)CC(C)(C)C. The van der Waals surface area contributed by atoms with Crippen molar-refractivity contribution in [1.82, 2.24) is 4.90 Å². The second kappa shape index (κ2) is 8.68. The molecule has 0 heterocycles. The zero-order valence-corrected chi connectivity index (χ0v) is 12.9. The van der Waals surface area contributed by atoms with Gasteiger partial charge in [-0.2, -0.15) is 0 Å². The highest BCUT2D eigenvalue weighted by Gasteiger charge is 2.17. The summed E-state index contributed by atoms with van der Waals surface area (Å²) in [4.78, 5) is 23.7. The van der Waals surface area contributed by atoms with Gasteiger partial charge in [0.2, 0.25) is 0 Å². The van der Waals surface area contributed by atoms with E-state index in [0.717, 1.165) is 44.1 Å². The molecule has 0 rings (SSSR count). The van der Waals surface area contributed by atoms with E-state index >= 15 is 0 Å². The lowest BCUT2D eigenvalue weighted by Crippen LogP contribution is -2.28. The molecule has 3 heteroatoms. The Kier molecular flexibility index (Phi) is 8.05. The third kappa shape index (κ3) is 8.36. The van der Waals surface area contributed by atoms with Gasteiger partial charge in [-0.15, -0.1) is 0 Å². The molecule has 0 radical (unpaired) electrons. The summed E-state index contributed by atoms with van der Waals surface area (Å²) < 4.78 is 0. The molecular formula is C16H27NO2. The van der Waals surface area contributed by atoms with Crippen LogP contribution in [0, 0.1) is 5.41 Å². The quantitative estimate of drug-likeness (QED) is 0.496. The summed E-state index contributed by atoms with van der Waals surface area (Å²) in [5.41, 5.74) is 1.74. The molecule has 0 saturated carbocycles. The van der Waals surface area contributed by atoms with E-state index < -0.39 is 0 Å². The van der Waals surface area contributed by atoms with Crippen molar-refractivity contribution in [3.63, 3.8) is 0 Å². The molecule has 0 aliphatic rings. The summed E-state index contributed by atoms with van der Waals surface area (Å²) in [5.74, 6) is 0. The van der Waals surface area contributed by atoms with E-state index in [-0.39, 0.29) is 5.41 Å². The van der Waals surface area contributed by atoms with Crippen molar-refractivity contribution in [3.8, 4) is 0 Å². The summed E-state index contributed by atoms with van der Waals surface area (Å²) in [7, 11) is 0. The number of carbonyl (C=O) groups is 2. The first-order valence-electron chi connectivity index (χ1n) is 6.88.